The summed E-state index contributed by atoms with van der Waals surface area (Å²) in [6.45, 7) is 0. The average molecular weight is 291 g/mol. The molecule has 0 saturated carbocycles. The molecular formula is C11H8F3NO3S. The Hall–Kier alpha value is -1.96. The number of fused-ring (bicyclic) bond motifs is 1. The molecule has 0 unspecified atom stereocenters. The predicted molar refractivity (Wildman–Crippen MR) is 64.0 cm³/mol. The third kappa shape index (κ3) is 2.58. The zero-order valence-corrected chi connectivity index (χ0v) is 10.1. The van der Waals surface area contributed by atoms with Crippen LogP contribution in [-0.2, 0) is 10.1 Å². The van der Waals surface area contributed by atoms with E-state index >= 15 is 0 Å². The minimum absolute atomic E-state index is 0.312. The van der Waals surface area contributed by atoms with Crippen molar-refractivity contribution < 1.29 is 25.8 Å². The first-order valence-electron chi connectivity index (χ1n) is 5.00. The Labute approximate surface area is 106 Å². The number of benzene rings is 2. The van der Waals surface area contributed by atoms with Gasteiger partial charge in [0.15, 0.2) is 0 Å². The minimum atomic E-state index is -5.67. The fourth-order valence-electron chi connectivity index (χ4n) is 1.50. The highest BCUT2D eigenvalue weighted by atomic mass is 32.2. The summed E-state index contributed by atoms with van der Waals surface area (Å²) in [6, 6.07) is 8.61. The topological polar surface area (TPSA) is 69.4 Å². The monoisotopic (exact) mass is 291 g/mol. The first kappa shape index (κ1) is 13.5. The van der Waals surface area contributed by atoms with Crippen LogP contribution in [0.2, 0.25) is 0 Å². The number of hydrogen-bond acceptors (Lipinski definition) is 4. The maximum absolute atomic E-state index is 12.2. The first-order valence-corrected chi connectivity index (χ1v) is 6.40. The van der Waals surface area contributed by atoms with E-state index in [-0.39, 0.29) is 0 Å². The van der Waals surface area contributed by atoms with Crippen molar-refractivity contribution in [3.8, 4) is 5.75 Å². The molecule has 0 amide bonds. The number of alkyl halides is 3. The van der Waals surface area contributed by atoms with Crippen LogP contribution < -0.4 is 9.92 Å². The normalized spacial score (nSPS) is 12.6. The number of rotatable bonds is 2. The first-order chi connectivity index (χ1) is 8.71. The Morgan fingerprint density at radius 2 is 1.79 bits per heavy atom. The highest BCUT2D eigenvalue weighted by molar-refractivity contribution is 7.88. The molecule has 4 nitrogen and oxygen atoms in total. The summed E-state index contributed by atoms with van der Waals surface area (Å²) in [5.74, 6) is -0.442. The molecule has 2 aromatic rings. The number of nitrogens with two attached hydrogens (primary N) is 1. The quantitative estimate of drug-likeness (QED) is 0.524. The second-order valence-electron chi connectivity index (χ2n) is 3.71. The maximum Gasteiger partial charge on any atom is 0.534 e. The summed E-state index contributed by atoms with van der Waals surface area (Å²) < 4.78 is 62.3. The largest absolute Gasteiger partial charge is 0.534 e. The van der Waals surface area contributed by atoms with Crippen LogP contribution in [0.3, 0.4) is 0 Å². The van der Waals surface area contributed by atoms with Gasteiger partial charge in [0.05, 0.1) is 0 Å². The molecule has 0 atom stereocenters. The second kappa shape index (κ2) is 4.30. The molecule has 0 aliphatic rings. The standard InChI is InChI=1S/C11H8F3NO3S/c12-11(13,14)19(16,17)18-8-5-4-7-2-1-3-10(15)9(7)6-8/h1-6H,15H2. The zero-order chi connectivity index (χ0) is 14.3. The number of halogens is 3. The van der Waals surface area contributed by atoms with Gasteiger partial charge >= 0.3 is 15.6 Å². The Bertz CT molecular complexity index is 726. The van der Waals surface area contributed by atoms with E-state index in [0.29, 0.717) is 16.5 Å². The van der Waals surface area contributed by atoms with Crippen molar-refractivity contribution >= 4 is 26.6 Å². The summed E-state index contributed by atoms with van der Waals surface area (Å²) in [5.41, 5.74) is 0.492. The maximum atomic E-state index is 12.2. The highest BCUT2D eigenvalue weighted by Crippen LogP contribution is 2.30. The van der Waals surface area contributed by atoms with Crippen molar-refractivity contribution in [3.05, 3.63) is 36.4 Å². The van der Waals surface area contributed by atoms with Crippen LogP contribution in [0.5, 0.6) is 5.75 Å². The van der Waals surface area contributed by atoms with E-state index in [1.807, 2.05) is 0 Å². The molecule has 0 aliphatic heterocycles. The zero-order valence-electron chi connectivity index (χ0n) is 9.31. The SMILES string of the molecule is Nc1cccc2ccc(OS(=O)(=O)C(F)(F)F)cc12. The molecule has 0 spiro atoms. The van der Waals surface area contributed by atoms with Gasteiger partial charge < -0.3 is 9.92 Å². The summed E-state index contributed by atoms with van der Waals surface area (Å²) in [7, 11) is -5.67. The van der Waals surface area contributed by atoms with Gasteiger partial charge in [-0.3, -0.25) is 0 Å². The molecule has 0 fully saturated rings. The Morgan fingerprint density at radius 3 is 2.42 bits per heavy atom. The minimum Gasteiger partial charge on any atom is -0.398 e. The van der Waals surface area contributed by atoms with Crippen LogP contribution in [-0.4, -0.2) is 13.9 Å². The van der Waals surface area contributed by atoms with Crippen LogP contribution in [0.4, 0.5) is 18.9 Å². The lowest BCUT2D eigenvalue weighted by Gasteiger charge is -2.10. The molecule has 0 aliphatic carbocycles. The molecule has 0 radical (unpaired) electrons. The van der Waals surface area contributed by atoms with Gasteiger partial charge in [0.1, 0.15) is 5.75 Å². The van der Waals surface area contributed by atoms with Crippen molar-refractivity contribution in [1.29, 1.82) is 0 Å². The van der Waals surface area contributed by atoms with Crippen molar-refractivity contribution in [1.82, 2.24) is 0 Å². The van der Waals surface area contributed by atoms with Crippen molar-refractivity contribution in [2.45, 2.75) is 5.51 Å². The van der Waals surface area contributed by atoms with E-state index in [4.69, 9.17) is 5.73 Å². The number of anilines is 1. The summed E-state index contributed by atoms with van der Waals surface area (Å²) in [4.78, 5) is 0. The summed E-state index contributed by atoms with van der Waals surface area (Å²) >= 11 is 0. The average Bonchev–Trinajstić information content (AvgIpc) is 2.28. The van der Waals surface area contributed by atoms with Gasteiger partial charge in [-0.25, -0.2) is 0 Å². The molecule has 2 aromatic carbocycles. The number of nitrogen functional groups attached to an aromatic ring is 1. The van der Waals surface area contributed by atoms with Gasteiger partial charge in [-0.05, 0) is 23.6 Å². The molecule has 0 bridgehead atoms. The van der Waals surface area contributed by atoms with Gasteiger partial charge in [-0.1, -0.05) is 18.2 Å². The molecule has 0 aromatic heterocycles. The second-order valence-corrected chi connectivity index (χ2v) is 5.25. The van der Waals surface area contributed by atoms with Crippen molar-refractivity contribution in [3.63, 3.8) is 0 Å². The van der Waals surface area contributed by atoms with Gasteiger partial charge in [0.25, 0.3) is 0 Å². The van der Waals surface area contributed by atoms with E-state index in [9.17, 15) is 21.6 Å². The molecule has 2 rings (SSSR count). The molecule has 2 N–H and O–H groups in total. The van der Waals surface area contributed by atoms with E-state index < -0.39 is 21.4 Å². The van der Waals surface area contributed by atoms with E-state index in [1.54, 1.807) is 18.2 Å². The van der Waals surface area contributed by atoms with E-state index in [0.717, 1.165) is 12.1 Å². The van der Waals surface area contributed by atoms with Crippen LogP contribution in [0.15, 0.2) is 36.4 Å². The lowest BCUT2D eigenvalue weighted by molar-refractivity contribution is -0.0500. The Morgan fingerprint density at radius 1 is 1.11 bits per heavy atom. The molecule has 0 saturated heterocycles. The van der Waals surface area contributed by atoms with E-state index in [2.05, 4.69) is 4.18 Å². The molecule has 102 valence electrons. The van der Waals surface area contributed by atoms with Gasteiger partial charge in [-0.2, -0.15) is 21.6 Å². The van der Waals surface area contributed by atoms with Crippen LogP contribution in [0, 0.1) is 0 Å². The fourth-order valence-corrected chi connectivity index (χ4v) is 1.95. The lowest BCUT2D eigenvalue weighted by Crippen LogP contribution is -2.28. The predicted octanol–water partition coefficient (Wildman–Crippen LogP) is 2.65. The summed E-state index contributed by atoms with van der Waals surface area (Å²) in [6.07, 6.45) is 0. The van der Waals surface area contributed by atoms with Gasteiger partial charge in [0.2, 0.25) is 0 Å². The van der Waals surface area contributed by atoms with Crippen molar-refractivity contribution in [2.24, 2.45) is 0 Å². The third-order valence-electron chi connectivity index (χ3n) is 2.38. The highest BCUT2D eigenvalue weighted by Gasteiger charge is 2.48. The molecular weight excluding hydrogens is 283 g/mol. The van der Waals surface area contributed by atoms with E-state index in [1.165, 1.54) is 6.07 Å². The smallest absolute Gasteiger partial charge is 0.398 e. The van der Waals surface area contributed by atoms with Gasteiger partial charge in [0, 0.05) is 11.1 Å². The third-order valence-corrected chi connectivity index (χ3v) is 3.36. The Kier molecular flexibility index (Phi) is 3.05. The Balaban J connectivity index is 2.46. The van der Waals surface area contributed by atoms with Gasteiger partial charge in [-0.15, -0.1) is 0 Å². The molecule has 0 heterocycles. The van der Waals surface area contributed by atoms with Crippen molar-refractivity contribution in [2.75, 3.05) is 5.73 Å². The number of hydrogen-bond donors (Lipinski definition) is 1. The summed E-state index contributed by atoms with van der Waals surface area (Å²) in [5, 5.41) is 1.08. The van der Waals surface area contributed by atoms with Crippen LogP contribution >= 0.6 is 0 Å². The molecule has 19 heavy (non-hydrogen) atoms. The van der Waals surface area contributed by atoms with Crippen LogP contribution in [0.25, 0.3) is 10.8 Å². The fraction of sp³-hybridized carbons (Fsp3) is 0.0909. The molecule has 8 heteroatoms. The lowest BCUT2D eigenvalue weighted by atomic mass is 10.1. The van der Waals surface area contributed by atoms with Crippen LogP contribution in [0.1, 0.15) is 0 Å².